The van der Waals surface area contributed by atoms with Crippen molar-refractivity contribution in [1.29, 1.82) is 0 Å². The second-order valence-corrected chi connectivity index (χ2v) is 13.5. The van der Waals surface area contributed by atoms with Crippen LogP contribution in [0.1, 0.15) is 91.2 Å². The van der Waals surface area contributed by atoms with Crippen LogP contribution < -0.4 is 21.1 Å². The van der Waals surface area contributed by atoms with Crippen molar-refractivity contribution in [2.75, 3.05) is 27.3 Å². The maximum absolute atomic E-state index is 13.2. The van der Waals surface area contributed by atoms with E-state index < -0.39 is 45.5 Å². The van der Waals surface area contributed by atoms with Crippen molar-refractivity contribution in [3.05, 3.63) is 118 Å². The van der Waals surface area contributed by atoms with Crippen LogP contribution in [0.25, 0.3) is 0 Å². The van der Waals surface area contributed by atoms with Gasteiger partial charge >= 0.3 is 17.9 Å². The van der Waals surface area contributed by atoms with Crippen molar-refractivity contribution in [2.24, 2.45) is 0 Å². The zero-order valence-electron chi connectivity index (χ0n) is 29.6. The Morgan fingerprint density at radius 2 is 1.22 bits per heavy atom. The minimum atomic E-state index is -3.56. The number of aromatic carboxylic acids is 2. The van der Waals surface area contributed by atoms with Gasteiger partial charge in [0.2, 0.25) is 15.9 Å². The lowest BCUT2D eigenvalue weighted by atomic mass is 9.92. The van der Waals surface area contributed by atoms with Gasteiger partial charge in [-0.25, -0.2) is 18.0 Å². The van der Waals surface area contributed by atoms with Crippen LogP contribution in [0.2, 0.25) is 0 Å². The van der Waals surface area contributed by atoms with Crippen molar-refractivity contribution < 1.29 is 52.5 Å². The Labute approximate surface area is 311 Å². The molecular formula is C38H40N4O11S. The molecule has 8 N–H and O–H groups in total. The molecule has 0 saturated carbocycles. The van der Waals surface area contributed by atoms with Gasteiger partial charge in [-0.2, -0.15) is 0 Å². The number of nitrogens with two attached hydrogens (primary N) is 1. The summed E-state index contributed by atoms with van der Waals surface area (Å²) in [6.07, 6.45) is 2.02. The van der Waals surface area contributed by atoms with Gasteiger partial charge in [-0.15, -0.1) is 0 Å². The van der Waals surface area contributed by atoms with E-state index in [0.717, 1.165) is 6.26 Å². The van der Waals surface area contributed by atoms with E-state index in [1.807, 2.05) is 13.8 Å². The summed E-state index contributed by atoms with van der Waals surface area (Å²) in [6.45, 7) is 3.68. The lowest BCUT2D eigenvalue weighted by Crippen LogP contribution is -2.19. The number of carboxylic acids is 3. The van der Waals surface area contributed by atoms with Crippen LogP contribution in [0.5, 0.6) is 0 Å². The Morgan fingerprint density at radius 3 is 1.80 bits per heavy atom. The first-order valence-corrected chi connectivity index (χ1v) is 18.4. The molecule has 0 saturated heterocycles. The van der Waals surface area contributed by atoms with Gasteiger partial charge in [0, 0.05) is 24.1 Å². The number of benzene rings is 4. The van der Waals surface area contributed by atoms with Crippen LogP contribution in [-0.2, 0) is 32.5 Å². The van der Waals surface area contributed by atoms with Crippen LogP contribution in [0.15, 0.2) is 78.9 Å². The third-order valence-electron chi connectivity index (χ3n) is 7.88. The average molecular weight is 761 g/mol. The number of ketones is 1. The summed E-state index contributed by atoms with van der Waals surface area (Å²) in [5.74, 6) is -5.10. The Hall–Kier alpha value is -6.55. The molecule has 0 bridgehead atoms. The van der Waals surface area contributed by atoms with Crippen LogP contribution in [0.4, 0.5) is 22.7 Å². The summed E-state index contributed by atoms with van der Waals surface area (Å²) < 4.78 is 25.2. The van der Waals surface area contributed by atoms with Gasteiger partial charge in [-0.1, -0.05) is 56.3 Å². The largest absolute Gasteiger partial charge is 0.481 e. The number of carboxylic acid groups (broad SMARTS) is 3. The Kier molecular flexibility index (Phi) is 14.6. The van der Waals surface area contributed by atoms with Crippen molar-refractivity contribution in [3.63, 3.8) is 0 Å². The van der Waals surface area contributed by atoms with E-state index in [0.29, 0.717) is 24.0 Å². The lowest BCUT2D eigenvalue weighted by molar-refractivity contribution is -0.137. The number of aliphatic carboxylic acids is 1. The first-order chi connectivity index (χ1) is 25.5. The second kappa shape index (κ2) is 18.8. The second-order valence-electron chi connectivity index (χ2n) is 11.8. The number of carbonyl (C=O) groups is 6. The molecule has 0 radical (unpaired) electrons. The van der Waals surface area contributed by atoms with Crippen molar-refractivity contribution in [3.8, 4) is 0 Å². The number of amides is 2. The molecule has 0 aromatic heterocycles. The molecule has 0 aliphatic heterocycles. The molecular weight excluding hydrogens is 721 g/mol. The SMILES string of the molecule is CCc1ccc(C(=O)O)c(C(=O)c2ccccc2NC(=O)CCCC(=O)O)c1N.CCc1cccc(C(=O)O)c1NC(=O)c1ccccc1NS(C)(=O)=O. The van der Waals surface area contributed by atoms with Crippen LogP contribution in [0, 0.1) is 0 Å². The summed E-state index contributed by atoms with van der Waals surface area (Å²) in [7, 11) is -3.56. The van der Waals surface area contributed by atoms with Gasteiger partial charge in [0.05, 0.1) is 45.6 Å². The fourth-order valence-electron chi connectivity index (χ4n) is 5.30. The topological polar surface area (TPSA) is 259 Å². The predicted molar refractivity (Wildman–Crippen MR) is 203 cm³/mol. The van der Waals surface area contributed by atoms with Crippen molar-refractivity contribution in [2.45, 2.75) is 46.0 Å². The minimum absolute atomic E-state index is 0.0251. The molecule has 4 aromatic rings. The minimum Gasteiger partial charge on any atom is -0.481 e. The number of sulfonamides is 1. The van der Waals surface area contributed by atoms with E-state index in [1.165, 1.54) is 36.4 Å². The molecule has 0 fully saturated rings. The predicted octanol–water partition coefficient (Wildman–Crippen LogP) is 5.52. The van der Waals surface area contributed by atoms with E-state index in [2.05, 4.69) is 15.4 Å². The first kappa shape index (κ1) is 41.9. The maximum Gasteiger partial charge on any atom is 0.337 e. The molecule has 15 nitrogen and oxygen atoms in total. The highest BCUT2D eigenvalue weighted by Crippen LogP contribution is 2.29. The lowest BCUT2D eigenvalue weighted by Gasteiger charge is -2.15. The van der Waals surface area contributed by atoms with Crippen LogP contribution in [-0.4, -0.2) is 65.5 Å². The van der Waals surface area contributed by atoms with Crippen molar-refractivity contribution in [1.82, 2.24) is 0 Å². The average Bonchev–Trinajstić information content (AvgIpc) is 3.11. The smallest absolute Gasteiger partial charge is 0.337 e. The van der Waals surface area contributed by atoms with Crippen molar-refractivity contribution >= 4 is 68.3 Å². The molecule has 4 rings (SSSR count). The van der Waals surface area contributed by atoms with Gasteiger partial charge in [0.25, 0.3) is 5.91 Å². The van der Waals surface area contributed by atoms with Crippen LogP contribution in [0.3, 0.4) is 0 Å². The fourth-order valence-corrected chi connectivity index (χ4v) is 5.88. The number of aryl methyl sites for hydroxylation is 2. The van der Waals surface area contributed by atoms with Crippen LogP contribution >= 0.6 is 0 Å². The number of rotatable bonds is 15. The van der Waals surface area contributed by atoms with Gasteiger partial charge in [-0.3, -0.25) is 23.9 Å². The quantitative estimate of drug-likeness (QED) is 0.0583. The zero-order valence-corrected chi connectivity index (χ0v) is 30.5. The third kappa shape index (κ3) is 11.2. The Balaban J connectivity index is 0.000000294. The Bertz CT molecular complexity index is 2200. The molecule has 54 heavy (non-hydrogen) atoms. The standard InChI is InChI=1S/C21H22N2O6.C17H18N2O5S/c1-2-12-10-11-14(21(28)29)18(19(12)22)20(27)13-6-3-4-7-15(13)23-16(24)8-5-9-17(25)26;1-3-11-7-6-9-13(17(21)22)15(11)18-16(20)12-8-4-5-10-14(12)19-25(2,23)24/h3-4,6-7,10-11H,2,5,8-9,22H2,1H3,(H,23,24)(H,25,26)(H,28,29);4-10,19H,3H2,1-2H3,(H,18,20)(H,21,22). The highest BCUT2D eigenvalue weighted by Gasteiger charge is 2.25. The van der Waals surface area contributed by atoms with E-state index in [9.17, 15) is 47.4 Å². The van der Waals surface area contributed by atoms with E-state index in [4.69, 9.17) is 10.8 Å². The number of para-hydroxylation sites is 3. The van der Waals surface area contributed by atoms with Gasteiger partial charge < -0.3 is 31.7 Å². The van der Waals surface area contributed by atoms with E-state index in [1.54, 1.807) is 42.5 Å². The highest BCUT2D eigenvalue weighted by molar-refractivity contribution is 7.92. The summed E-state index contributed by atoms with van der Waals surface area (Å²) in [5.41, 5.74) is 7.86. The summed E-state index contributed by atoms with van der Waals surface area (Å²) in [6, 6.07) is 19.9. The number of hydrogen-bond acceptors (Lipinski definition) is 9. The van der Waals surface area contributed by atoms with E-state index in [-0.39, 0.29) is 69.8 Å². The zero-order chi connectivity index (χ0) is 40.2. The Morgan fingerprint density at radius 1 is 0.648 bits per heavy atom. The summed E-state index contributed by atoms with van der Waals surface area (Å²) >= 11 is 0. The molecule has 284 valence electrons. The number of nitrogen functional groups attached to an aromatic ring is 1. The molecule has 2 amide bonds. The normalized spacial score (nSPS) is 10.6. The number of carbonyl (C=O) groups excluding carboxylic acids is 3. The molecule has 0 atom stereocenters. The first-order valence-electron chi connectivity index (χ1n) is 16.5. The van der Waals surface area contributed by atoms with E-state index >= 15 is 0 Å². The van der Waals surface area contributed by atoms with Gasteiger partial charge in [0.1, 0.15) is 0 Å². The fraction of sp³-hybridized carbons (Fsp3) is 0.211. The molecule has 0 unspecified atom stereocenters. The molecule has 4 aromatic carbocycles. The van der Waals surface area contributed by atoms with Gasteiger partial charge in [0.15, 0.2) is 5.78 Å². The highest BCUT2D eigenvalue weighted by atomic mass is 32.2. The molecule has 0 aliphatic carbocycles. The summed E-state index contributed by atoms with van der Waals surface area (Å²) in [5, 5.41) is 32.7. The number of anilines is 4. The molecule has 16 heteroatoms. The molecule has 0 heterocycles. The number of nitrogens with one attached hydrogen (secondary N) is 3. The molecule has 0 aliphatic rings. The van der Waals surface area contributed by atoms with Gasteiger partial charge in [-0.05, 0) is 66.8 Å². The third-order valence-corrected chi connectivity index (χ3v) is 8.47. The summed E-state index contributed by atoms with van der Waals surface area (Å²) in [4.78, 5) is 71.5. The number of hydrogen-bond donors (Lipinski definition) is 7. The maximum atomic E-state index is 13.2. The monoisotopic (exact) mass is 760 g/mol. The molecule has 0 spiro atoms.